The van der Waals surface area contributed by atoms with E-state index in [-0.39, 0.29) is 18.3 Å². The summed E-state index contributed by atoms with van der Waals surface area (Å²) in [6, 6.07) is 6.58. The molecule has 0 spiro atoms. The van der Waals surface area contributed by atoms with Crippen LogP contribution in [0.25, 0.3) is 11.5 Å². The first kappa shape index (κ1) is 20.2. The van der Waals surface area contributed by atoms with E-state index in [1.165, 1.54) is 16.9 Å². The van der Waals surface area contributed by atoms with Gasteiger partial charge in [-0.3, -0.25) is 4.57 Å². The first-order chi connectivity index (χ1) is 15.0. The Morgan fingerprint density at radius 3 is 2.58 bits per heavy atom. The lowest BCUT2D eigenvalue weighted by Gasteiger charge is -2.09. The zero-order valence-corrected chi connectivity index (χ0v) is 16.6. The van der Waals surface area contributed by atoms with E-state index in [1.54, 1.807) is 18.6 Å². The molecule has 0 radical (unpaired) electrons. The summed E-state index contributed by atoms with van der Waals surface area (Å²) in [6.45, 7) is 2.40. The number of aryl methyl sites for hydroxylation is 1. The fourth-order valence-electron chi connectivity index (χ4n) is 3.00. The summed E-state index contributed by atoms with van der Waals surface area (Å²) in [7, 11) is 0. The molecule has 4 aromatic rings. The molecular weight excluding hydrogens is 404 g/mol. The minimum atomic E-state index is -0.719. The number of hydrogen-bond donors (Lipinski definition) is 2. The topological polar surface area (TPSA) is 89.7 Å². The number of carbonyl (C=O) groups excluding carboxylic acids is 1. The Balaban J connectivity index is 1.31. The molecule has 0 aliphatic heterocycles. The van der Waals surface area contributed by atoms with E-state index in [0.29, 0.717) is 12.1 Å². The van der Waals surface area contributed by atoms with Gasteiger partial charge in [0.05, 0.1) is 6.20 Å². The summed E-state index contributed by atoms with van der Waals surface area (Å²) in [4.78, 5) is 20.6. The molecular formula is C21H19F2N7O. The van der Waals surface area contributed by atoms with Crippen molar-refractivity contribution in [1.82, 2.24) is 34.9 Å². The van der Waals surface area contributed by atoms with Gasteiger partial charge in [-0.25, -0.2) is 28.2 Å². The van der Waals surface area contributed by atoms with E-state index in [9.17, 15) is 13.6 Å². The van der Waals surface area contributed by atoms with Crippen molar-refractivity contribution in [3.63, 3.8) is 0 Å². The third-order valence-electron chi connectivity index (χ3n) is 4.58. The maximum atomic E-state index is 13.9. The Morgan fingerprint density at radius 1 is 1.03 bits per heavy atom. The number of urea groups is 1. The van der Waals surface area contributed by atoms with Gasteiger partial charge in [-0.15, -0.1) is 0 Å². The summed E-state index contributed by atoms with van der Waals surface area (Å²) >= 11 is 0. The van der Waals surface area contributed by atoms with Crippen LogP contribution in [0.2, 0.25) is 0 Å². The number of carbonyl (C=O) groups is 1. The monoisotopic (exact) mass is 423 g/mol. The Bertz CT molecular complexity index is 1220. The second-order valence-corrected chi connectivity index (χ2v) is 6.79. The number of imidazole rings is 1. The van der Waals surface area contributed by atoms with Crippen molar-refractivity contribution < 1.29 is 13.6 Å². The molecule has 158 valence electrons. The normalized spacial score (nSPS) is 10.8. The lowest BCUT2D eigenvalue weighted by atomic mass is 10.2. The van der Waals surface area contributed by atoms with Gasteiger partial charge in [-0.05, 0) is 36.8 Å². The van der Waals surface area contributed by atoms with Gasteiger partial charge in [0, 0.05) is 49.5 Å². The van der Waals surface area contributed by atoms with Crippen LogP contribution in [0.15, 0.2) is 61.3 Å². The van der Waals surface area contributed by atoms with Gasteiger partial charge in [0.15, 0.2) is 5.82 Å². The molecule has 0 unspecified atom stereocenters. The van der Waals surface area contributed by atoms with Gasteiger partial charge in [0.25, 0.3) is 0 Å². The van der Waals surface area contributed by atoms with Crippen LogP contribution in [-0.2, 0) is 13.1 Å². The van der Waals surface area contributed by atoms with E-state index in [2.05, 4.69) is 25.7 Å². The van der Waals surface area contributed by atoms with Crippen LogP contribution in [0.3, 0.4) is 0 Å². The van der Waals surface area contributed by atoms with E-state index in [4.69, 9.17) is 0 Å². The fraction of sp³-hybridized carbons (Fsp3) is 0.143. The fourth-order valence-corrected chi connectivity index (χ4v) is 3.00. The van der Waals surface area contributed by atoms with Gasteiger partial charge in [-0.1, -0.05) is 0 Å². The highest BCUT2D eigenvalue weighted by Gasteiger charge is 2.09. The summed E-state index contributed by atoms with van der Waals surface area (Å²) in [5.74, 6) is 0.156. The van der Waals surface area contributed by atoms with E-state index >= 15 is 0 Å². The number of halogens is 2. The molecule has 0 aliphatic rings. The molecule has 0 aliphatic carbocycles. The number of amides is 2. The summed E-state index contributed by atoms with van der Waals surface area (Å²) in [6.07, 6.45) is 8.26. The zero-order valence-electron chi connectivity index (χ0n) is 16.6. The molecule has 0 saturated heterocycles. The second-order valence-electron chi connectivity index (χ2n) is 6.79. The summed E-state index contributed by atoms with van der Waals surface area (Å²) in [5, 5.41) is 9.56. The minimum Gasteiger partial charge on any atom is -0.334 e. The van der Waals surface area contributed by atoms with Crippen molar-refractivity contribution >= 4 is 6.03 Å². The predicted octanol–water partition coefficient (Wildman–Crippen LogP) is 3.04. The highest BCUT2D eigenvalue weighted by Crippen LogP contribution is 2.14. The first-order valence-corrected chi connectivity index (χ1v) is 9.45. The largest absolute Gasteiger partial charge is 0.334 e. The van der Waals surface area contributed by atoms with Crippen LogP contribution in [0.4, 0.5) is 13.6 Å². The summed E-state index contributed by atoms with van der Waals surface area (Å²) < 4.78 is 30.1. The van der Waals surface area contributed by atoms with E-state index in [0.717, 1.165) is 29.3 Å². The Kier molecular flexibility index (Phi) is 5.69. The molecule has 10 heteroatoms. The van der Waals surface area contributed by atoms with Crippen LogP contribution in [0.1, 0.15) is 17.0 Å². The molecule has 0 bridgehead atoms. The molecule has 3 heterocycles. The number of benzene rings is 1. The van der Waals surface area contributed by atoms with Crippen LogP contribution in [-0.4, -0.2) is 30.3 Å². The number of hydrogen-bond acceptors (Lipinski definition) is 4. The quantitative estimate of drug-likeness (QED) is 0.499. The third kappa shape index (κ3) is 4.74. The maximum Gasteiger partial charge on any atom is 0.315 e. The number of pyridine rings is 1. The number of nitrogens with zero attached hydrogens (tertiary/aromatic N) is 5. The molecule has 3 aromatic heterocycles. The smallest absolute Gasteiger partial charge is 0.315 e. The van der Waals surface area contributed by atoms with Crippen molar-refractivity contribution in [1.29, 1.82) is 0 Å². The van der Waals surface area contributed by atoms with E-state index in [1.807, 2.05) is 29.8 Å². The van der Waals surface area contributed by atoms with Crippen molar-refractivity contribution in [2.75, 3.05) is 0 Å². The number of aromatic nitrogens is 5. The maximum absolute atomic E-state index is 13.9. The van der Waals surface area contributed by atoms with Crippen molar-refractivity contribution in [2.45, 2.75) is 20.0 Å². The van der Waals surface area contributed by atoms with Crippen LogP contribution >= 0.6 is 0 Å². The van der Waals surface area contributed by atoms with Crippen molar-refractivity contribution in [3.8, 4) is 11.5 Å². The summed E-state index contributed by atoms with van der Waals surface area (Å²) in [5.41, 5.74) is 1.67. The lowest BCUT2D eigenvalue weighted by Crippen LogP contribution is -2.34. The van der Waals surface area contributed by atoms with Crippen LogP contribution in [0.5, 0.6) is 0 Å². The van der Waals surface area contributed by atoms with Gasteiger partial charge in [0.2, 0.25) is 0 Å². The number of rotatable bonds is 6. The molecule has 0 saturated carbocycles. The SMILES string of the molecule is Cc1nccn1-c1cc(CNC(=O)NCc2cnn(-c3ccc(F)cc3F)c2)ccn1. The second kappa shape index (κ2) is 8.74. The highest BCUT2D eigenvalue weighted by molar-refractivity contribution is 5.73. The zero-order chi connectivity index (χ0) is 21.8. The van der Waals surface area contributed by atoms with Crippen molar-refractivity contribution in [2.24, 2.45) is 0 Å². The Hall–Kier alpha value is -4.08. The first-order valence-electron chi connectivity index (χ1n) is 9.45. The third-order valence-corrected chi connectivity index (χ3v) is 4.58. The predicted molar refractivity (Wildman–Crippen MR) is 109 cm³/mol. The molecule has 0 fully saturated rings. The standard InChI is InChI=1S/C21H19F2N7O/c1-14-24-6-7-29(14)20-8-15(4-5-25-20)10-26-21(31)27-11-16-12-28-30(13-16)19-3-2-17(22)9-18(19)23/h2-9,12-13H,10-11H2,1H3,(H2,26,27,31). The molecule has 4 rings (SSSR count). The molecule has 1 aromatic carbocycles. The Labute approximate surface area is 176 Å². The van der Waals surface area contributed by atoms with E-state index < -0.39 is 11.6 Å². The molecule has 31 heavy (non-hydrogen) atoms. The molecule has 8 nitrogen and oxygen atoms in total. The average Bonchev–Trinajstić information content (AvgIpc) is 3.40. The van der Waals surface area contributed by atoms with Crippen LogP contribution < -0.4 is 10.6 Å². The molecule has 0 atom stereocenters. The lowest BCUT2D eigenvalue weighted by molar-refractivity contribution is 0.240. The molecule has 2 amide bonds. The van der Waals surface area contributed by atoms with Gasteiger partial charge < -0.3 is 10.6 Å². The number of nitrogens with one attached hydrogen (secondary N) is 2. The minimum absolute atomic E-state index is 0.124. The van der Waals surface area contributed by atoms with Gasteiger partial charge >= 0.3 is 6.03 Å². The van der Waals surface area contributed by atoms with Gasteiger partial charge in [0.1, 0.15) is 23.1 Å². The van der Waals surface area contributed by atoms with Gasteiger partial charge in [-0.2, -0.15) is 5.10 Å². The average molecular weight is 423 g/mol. The highest BCUT2D eigenvalue weighted by atomic mass is 19.1. The Morgan fingerprint density at radius 2 is 1.84 bits per heavy atom. The van der Waals surface area contributed by atoms with Crippen LogP contribution in [0, 0.1) is 18.6 Å². The molecule has 2 N–H and O–H groups in total. The van der Waals surface area contributed by atoms with Crippen molar-refractivity contribution in [3.05, 3.63) is 89.9 Å².